The van der Waals surface area contributed by atoms with Crippen LogP contribution in [0.4, 0.5) is 0 Å². The average Bonchev–Trinajstić information content (AvgIpc) is 2.28. The molecule has 1 saturated carbocycles. The van der Waals surface area contributed by atoms with Crippen molar-refractivity contribution in [1.82, 2.24) is 5.32 Å². The van der Waals surface area contributed by atoms with Crippen molar-refractivity contribution in [3.05, 3.63) is 11.6 Å². The van der Waals surface area contributed by atoms with Crippen LogP contribution >= 0.6 is 0 Å². The van der Waals surface area contributed by atoms with Gasteiger partial charge in [0.15, 0.2) is 0 Å². The number of nitrogens with one attached hydrogen (secondary N) is 1. The minimum absolute atomic E-state index is 0.00249. The molecule has 3 heteroatoms. The van der Waals surface area contributed by atoms with Gasteiger partial charge in [-0.15, -0.1) is 0 Å². The molecule has 0 radical (unpaired) electrons. The highest BCUT2D eigenvalue weighted by Gasteiger charge is 2.23. The quantitative estimate of drug-likeness (QED) is 0.720. The third kappa shape index (κ3) is 3.63. The van der Waals surface area contributed by atoms with Crippen LogP contribution in [0.3, 0.4) is 0 Å². The summed E-state index contributed by atoms with van der Waals surface area (Å²) in [6.45, 7) is 4.02. The number of hydrogen-bond donors (Lipinski definition) is 2. The van der Waals surface area contributed by atoms with Crippen LogP contribution in [0.15, 0.2) is 11.6 Å². The van der Waals surface area contributed by atoms with Crippen molar-refractivity contribution in [3.8, 4) is 0 Å². The molecule has 1 fully saturated rings. The highest BCUT2D eigenvalue weighted by Crippen LogP contribution is 2.31. The fourth-order valence-corrected chi connectivity index (χ4v) is 2.43. The van der Waals surface area contributed by atoms with E-state index in [1.165, 1.54) is 0 Å². The van der Waals surface area contributed by atoms with Crippen LogP contribution in [0.2, 0.25) is 0 Å². The Kier molecular flexibility index (Phi) is 5.00. The second-order valence-electron chi connectivity index (χ2n) is 4.86. The number of amides is 1. The Morgan fingerprint density at radius 1 is 1.38 bits per heavy atom. The summed E-state index contributed by atoms with van der Waals surface area (Å²) >= 11 is 0. The van der Waals surface area contributed by atoms with Gasteiger partial charge in [-0.3, -0.25) is 4.79 Å². The minimum atomic E-state index is -0.104. The van der Waals surface area contributed by atoms with Gasteiger partial charge in [-0.1, -0.05) is 13.0 Å². The molecule has 0 aromatic rings. The smallest absolute Gasteiger partial charge is 0.246 e. The molecule has 3 nitrogen and oxygen atoms in total. The zero-order valence-electron chi connectivity index (χ0n) is 10.5. The molecule has 1 rings (SSSR count). The molecule has 92 valence electrons. The Morgan fingerprint density at radius 3 is 2.44 bits per heavy atom. The predicted octanol–water partition coefficient (Wildman–Crippen LogP) is 1.87. The highest BCUT2D eigenvalue weighted by molar-refractivity contribution is 5.92. The second kappa shape index (κ2) is 6.04. The first kappa shape index (κ1) is 13.2. The van der Waals surface area contributed by atoms with Gasteiger partial charge in [0, 0.05) is 12.6 Å². The van der Waals surface area contributed by atoms with Gasteiger partial charge < -0.3 is 10.4 Å². The summed E-state index contributed by atoms with van der Waals surface area (Å²) in [5.41, 5.74) is 0.793. The van der Waals surface area contributed by atoms with Crippen LogP contribution in [0, 0.1) is 11.8 Å². The summed E-state index contributed by atoms with van der Waals surface area (Å²) in [5, 5.41) is 12.1. The van der Waals surface area contributed by atoms with Crippen molar-refractivity contribution in [2.75, 3.05) is 7.05 Å². The Morgan fingerprint density at radius 2 is 1.94 bits per heavy atom. The van der Waals surface area contributed by atoms with Crippen molar-refractivity contribution in [2.45, 2.75) is 45.6 Å². The van der Waals surface area contributed by atoms with E-state index in [4.69, 9.17) is 0 Å². The lowest BCUT2D eigenvalue weighted by atomic mass is 9.79. The lowest BCUT2D eigenvalue weighted by molar-refractivity contribution is -0.117. The van der Waals surface area contributed by atoms with Crippen molar-refractivity contribution in [3.63, 3.8) is 0 Å². The maximum atomic E-state index is 11.4. The first-order chi connectivity index (χ1) is 7.54. The van der Waals surface area contributed by atoms with Crippen LogP contribution in [-0.4, -0.2) is 24.2 Å². The van der Waals surface area contributed by atoms with Gasteiger partial charge in [-0.05, 0) is 44.4 Å². The molecule has 1 aliphatic carbocycles. The van der Waals surface area contributed by atoms with E-state index in [0.717, 1.165) is 31.3 Å². The topological polar surface area (TPSA) is 49.3 Å². The molecular weight excluding hydrogens is 202 g/mol. The fraction of sp³-hybridized carbons (Fsp3) is 0.769. The van der Waals surface area contributed by atoms with E-state index >= 15 is 0 Å². The fourth-order valence-electron chi connectivity index (χ4n) is 2.43. The Labute approximate surface area is 97.9 Å². The molecule has 0 aliphatic heterocycles. The van der Waals surface area contributed by atoms with Gasteiger partial charge >= 0.3 is 0 Å². The minimum Gasteiger partial charge on any atom is -0.393 e. The predicted molar refractivity (Wildman–Crippen MR) is 65.0 cm³/mol. The van der Waals surface area contributed by atoms with E-state index in [1.54, 1.807) is 7.05 Å². The monoisotopic (exact) mass is 225 g/mol. The van der Waals surface area contributed by atoms with E-state index in [9.17, 15) is 9.90 Å². The number of likely N-dealkylation sites (N-methyl/N-ethyl adjacent to an activating group) is 1. The second-order valence-corrected chi connectivity index (χ2v) is 4.86. The average molecular weight is 225 g/mol. The molecule has 1 atom stereocenters. The summed E-state index contributed by atoms with van der Waals surface area (Å²) in [6, 6.07) is 0. The van der Waals surface area contributed by atoms with E-state index in [1.807, 2.05) is 6.92 Å². The van der Waals surface area contributed by atoms with Crippen LogP contribution in [0.25, 0.3) is 0 Å². The number of allylic oxidation sites excluding steroid dienone is 1. The van der Waals surface area contributed by atoms with Crippen molar-refractivity contribution < 1.29 is 9.90 Å². The third-order valence-corrected chi connectivity index (χ3v) is 3.58. The summed E-state index contributed by atoms with van der Waals surface area (Å²) in [4.78, 5) is 11.4. The van der Waals surface area contributed by atoms with Crippen molar-refractivity contribution in [1.29, 1.82) is 0 Å². The molecule has 0 saturated heterocycles. The van der Waals surface area contributed by atoms with E-state index in [0.29, 0.717) is 11.8 Å². The maximum Gasteiger partial charge on any atom is 0.246 e. The lowest BCUT2D eigenvalue weighted by Gasteiger charge is -2.28. The molecule has 0 aromatic carbocycles. The molecule has 0 heterocycles. The number of aliphatic hydroxyl groups is 1. The number of aliphatic hydroxyl groups excluding tert-OH is 1. The molecule has 1 unspecified atom stereocenters. The Balaban J connectivity index is 2.51. The summed E-state index contributed by atoms with van der Waals surface area (Å²) in [6.07, 6.45) is 5.90. The van der Waals surface area contributed by atoms with Crippen LogP contribution < -0.4 is 5.32 Å². The van der Waals surface area contributed by atoms with Gasteiger partial charge in [0.05, 0.1) is 6.10 Å². The number of hydrogen-bond acceptors (Lipinski definition) is 2. The van der Waals surface area contributed by atoms with E-state index in [2.05, 4.69) is 18.3 Å². The normalized spacial score (nSPS) is 28.6. The molecule has 2 N–H and O–H groups in total. The summed E-state index contributed by atoms with van der Waals surface area (Å²) in [7, 11) is 1.65. The number of carbonyl (C=O) groups is 1. The first-order valence-corrected chi connectivity index (χ1v) is 6.13. The number of rotatable bonds is 3. The van der Waals surface area contributed by atoms with Crippen molar-refractivity contribution in [2.24, 2.45) is 11.8 Å². The van der Waals surface area contributed by atoms with Gasteiger partial charge in [-0.25, -0.2) is 0 Å². The van der Waals surface area contributed by atoms with Gasteiger partial charge in [0.25, 0.3) is 0 Å². The molecule has 1 aliphatic rings. The molecule has 0 bridgehead atoms. The molecule has 1 amide bonds. The highest BCUT2D eigenvalue weighted by atomic mass is 16.3. The third-order valence-electron chi connectivity index (χ3n) is 3.58. The number of carbonyl (C=O) groups excluding carboxylic acids is 1. The SMILES string of the molecule is CNC(=O)/C(C)=C/C(C)C1CCC(O)CC1. The first-order valence-electron chi connectivity index (χ1n) is 6.13. The van der Waals surface area contributed by atoms with Crippen LogP contribution in [-0.2, 0) is 4.79 Å². The van der Waals surface area contributed by atoms with E-state index < -0.39 is 0 Å². The molecule has 16 heavy (non-hydrogen) atoms. The molecule has 0 spiro atoms. The lowest BCUT2D eigenvalue weighted by Crippen LogP contribution is -2.23. The van der Waals surface area contributed by atoms with Crippen LogP contribution in [0.5, 0.6) is 0 Å². The Bertz CT molecular complexity index is 265. The zero-order valence-corrected chi connectivity index (χ0v) is 10.5. The maximum absolute atomic E-state index is 11.4. The summed E-state index contributed by atoms with van der Waals surface area (Å²) in [5.74, 6) is 1.04. The molecular formula is C13H23NO2. The van der Waals surface area contributed by atoms with E-state index in [-0.39, 0.29) is 12.0 Å². The Hall–Kier alpha value is -0.830. The summed E-state index contributed by atoms with van der Waals surface area (Å²) < 4.78 is 0. The largest absolute Gasteiger partial charge is 0.393 e. The van der Waals surface area contributed by atoms with Gasteiger partial charge in [0.1, 0.15) is 0 Å². The molecule has 0 aromatic heterocycles. The standard InChI is InChI=1S/C13H23NO2/c1-9(8-10(2)13(16)14-3)11-4-6-12(15)7-5-11/h8-9,11-12,15H,4-7H2,1-3H3,(H,14,16)/b10-8+. The van der Waals surface area contributed by atoms with Crippen LogP contribution in [0.1, 0.15) is 39.5 Å². The van der Waals surface area contributed by atoms with Gasteiger partial charge in [0.2, 0.25) is 5.91 Å². The van der Waals surface area contributed by atoms with Gasteiger partial charge in [-0.2, -0.15) is 0 Å². The zero-order chi connectivity index (χ0) is 12.1. The van der Waals surface area contributed by atoms with Crippen molar-refractivity contribution >= 4 is 5.91 Å².